The first-order valence-corrected chi connectivity index (χ1v) is 4.58. The number of hydrogen-bond donors (Lipinski definition) is 1. The third-order valence-electron chi connectivity index (χ3n) is 2.15. The first-order valence-electron chi connectivity index (χ1n) is 4.58. The van der Waals surface area contributed by atoms with E-state index in [2.05, 4.69) is 5.16 Å². The van der Waals surface area contributed by atoms with Crippen molar-refractivity contribution in [2.24, 2.45) is 0 Å². The molecule has 0 bridgehead atoms. The molecule has 0 fully saturated rings. The van der Waals surface area contributed by atoms with E-state index in [9.17, 15) is 0 Å². The van der Waals surface area contributed by atoms with E-state index < -0.39 is 0 Å². The summed E-state index contributed by atoms with van der Waals surface area (Å²) < 4.78 is 10.3. The number of aromatic nitrogens is 1. The SMILES string of the molecule is COc1cc(C)ccc1-c1cc(N)no1. The van der Waals surface area contributed by atoms with Crippen LogP contribution in [-0.4, -0.2) is 12.3 Å². The topological polar surface area (TPSA) is 61.3 Å². The minimum atomic E-state index is 0.368. The number of rotatable bonds is 2. The second-order valence-electron chi connectivity index (χ2n) is 3.32. The van der Waals surface area contributed by atoms with Gasteiger partial charge in [0, 0.05) is 6.07 Å². The van der Waals surface area contributed by atoms with E-state index in [4.69, 9.17) is 15.0 Å². The third kappa shape index (κ3) is 1.79. The lowest BCUT2D eigenvalue weighted by Crippen LogP contribution is -1.87. The lowest BCUT2D eigenvalue weighted by Gasteiger charge is -2.05. The van der Waals surface area contributed by atoms with Crippen molar-refractivity contribution in [2.75, 3.05) is 12.8 Å². The number of anilines is 1. The fourth-order valence-corrected chi connectivity index (χ4v) is 1.42. The summed E-state index contributed by atoms with van der Waals surface area (Å²) in [6.07, 6.45) is 0. The number of hydrogen-bond acceptors (Lipinski definition) is 4. The summed E-state index contributed by atoms with van der Waals surface area (Å²) in [5, 5.41) is 3.64. The Morgan fingerprint density at radius 3 is 2.73 bits per heavy atom. The largest absolute Gasteiger partial charge is 0.496 e. The molecule has 0 saturated heterocycles. The van der Waals surface area contributed by atoms with Crippen molar-refractivity contribution in [3.63, 3.8) is 0 Å². The Balaban J connectivity index is 2.52. The highest BCUT2D eigenvalue weighted by molar-refractivity contribution is 5.67. The van der Waals surface area contributed by atoms with Gasteiger partial charge in [0.2, 0.25) is 0 Å². The van der Waals surface area contributed by atoms with E-state index in [0.29, 0.717) is 11.6 Å². The van der Waals surface area contributed by atoms with Gasteiger partial charge in [-0.15, -0.1) is 0 Å². The summed E-state index contributed by atoms with van der Waals surface area (Å²) in [7, 11) is 1.62. The first-order chi connectivity index (χ1) is 7.20. The second kappa shape index (κ2) is 3.65. The van der Waals surface area contributed by atoms with E-state index in [1.807, 2.05) is 25.1 Å². The van der Waals surface area contributed by atoms with Gasteiger partial charge in [0.15, 0.2) is 11.6 Å². The Bertz CT molecular complexity index is 477. The molecule has 15 heavy (non-hydrogen) atoms. The smallest absolute Gasteiger partial charge is 0.172 e. The molecule has 2 rings (SSSR count). The fraction of sp³-hybridized carbons (Fsp3) is 0.182. The van der Waals surface area contributed by atoms with Gasteiger partial charge in [-0.25, -0.2) is 0 Å². The van der Waals surface area contributed by atoms with E-state index in [-0.39, 0.29) is 0 Å². The molecule has 2 N–H and O–H groups in total. The zero-order valence-corrected chi connectivity index (χ0v) is 8.65. The standard InChI is InChI=1S/C11H12N2O2/c1-7-3-4-8(9(5-7)14-2)10-6-11(12)13-15-10/h3-6H,1-2H3,(H2,12,13). The second-order valence-corrected chi connectivity index (χ2v) is 3.32. The highest BCUT2D eigenvalue weighted by atomic mass is 16.5. The highest BCUT2D eigenvalue weighted by Crippen LogP contribution is 2.31. The number of ether oxygens (including phenoxy) is 1. The molecule has 0 spiro atoms. The average Bonchev–Trinajstić information content (AvgIpc) is 2.64. The van der Waals surface area contributed by atoms with Gasteiger partial charge in [0.25, 0.3) is 0 Å². The molecule has 0 unspecified atom stereocenters. The molecule has 0 saturated carbocycles. The maximum absolute atomic E-state index is 5.49. The van der Waals surface area contributed by atoms with Crippen LogP contribution in [0.4, 0.5) is 5.82 Å². The Morgan fingerprint density at radius 1 is 1.33 bits per heavy atom. The maximum Gasteiger partial charge on any atom is 0.172 e. The van der Waals surface area contributed by atoms with Gasteiger partial charge in [-0.1, -0.05) is 11.2 Å². The Hall–Kier alpha value is -1.97. The molecule has 0 radical (unpaired) electrons. The third-order valence-corrected chi connectivity index (χ3v) is 2.15. The van der Waals surface area contributed by atoms with Crippen molar-refractivity contribution >= 4 is 5.82 Å². The van der Waals surface area contributed by atoms with E-state index in [1.54, 1.807) is 13.2 Å². The maximum atomic E-state index is 5.49. The van der Waals surface area contributed by atoms with E-state index in [1.165, 1.54) is 0 Å². The van der Waals surface area contributed by atoms with Gasteiger partial charge < -0.3 is 15.0 Å². The van der Waals surface area contributed by atoms with Crippen LogP contribution in [0, 0.1) is 6.92 Å². The molecular weight excluding hydrogens is 192 g/mol. The molecule has 0 aliphatic rings. The predicted octanol–water partition coefficient (Wildman–Crippen LogP) is 2.24. The van der Waals surface area contributed by atoms with Gasteiger partial charge in [0.05, 0.1) is 12.7 Å². The van der Waals surface area contributed by atoms with Crippen LogP contribution in [0.3, 0.4) is 0 Å². The van der Waals surface area contributed by atoms with Crippen LogP contribution < -0.4 is 10.5 Å². The van der Waals surface area contributed by atoms with Crippen LogP contribution in [-0.2, 0) is 0 Å². The minimum absolute atomic E-state index is 0.368. The Labute approximate surface area is 87.6 Å². The zero-order valence-electron chi connectivity index (χ0n) is 8.65. The summed E-state index contributed by atoms with van der Waals surface area (Å²) in [4.78, 5) is 0. The molecule has 1 aromatic heterocycles. The van der Waals surface area contributed by atoms with E-state index >= 15 is 0 Å². The van der Waals surface area contributed by atoms with Crippen LogP contribution in [0.1, 0.15) is 5.56 Å². The van der Waals surface area contributed by atoms with Crippen LogP contribution in [0.15, 0.2) is 28.8 Å². The number of methoxy groups -OCH3 is 1. The number of nitrogens with two attached hydrogens (primary N) is 1. The van der Waals surface area contributed by atoms with Crippen LogP contribution in [0.5, 0.6) is 5.75 Å². The van der Waals surface area contributed by atoms with E-state index in [0.717, 1.165) is 16.9 Å². The molecule has 0 atom stereocenters. The lowest BCUT2D eigenvalue weighted by molar-refractivity contribution is 0.406. The molecule has 78 valence electrons. The van der Waals surface area contributed by atoms with Crippen molar-refractivity contribution in [1.29, 1.82) is 0 Å². The first kappa shape index (κ1) is 9.58. The van der Waals surface area contributed by atoms with Crippen molar-refractivity contribution in [1.82, 2.24) is 5.16 Å². The zero-order chi connectivity index (χ0) is 10.8. The van der Waals surface area contributed by atoms with Crippen LogP contribution in [0.25, 0.3) is 11.3 Å². The van der Waals surface area contributed by atoms with Gasteiger partial charge >= 0.3 is 0 Å². The normalized spacial score (nSPS) is 10.3. The molecule has 2 aromatic rings. The summed E-state index contributed by atoms with van der Waals surface area (Å²) in [6.45, 7) is 2.00. The molecule has 0 aliphatic heterocycles. The summed E-state index contributed by atoms with van der Waals surface area (Å²) in [5.74, 6) is 1.74. The molecule has 4 nitrogen and oxygen atoms in total. The number of benzene rings is 1. The molecule has 0 aliphatic carbocycles. The monoisotopic (exact) mass is 204 g/mol. The Kier molecular flexibility index (Phi) is 2.33. The molecule has 1 heterocycles. The number of nitrogens with zero attached hydrogens (tertiary/aromatic N) is 1. The number of nitrogen functional groups attached to an aromatic ring is 1. The highest BCUT2D eigenvalue weighted by Gasteiger charge is 2.10. The summed E-state index contributed by atoms with van der Waals surface area (Å²) in [5.41, 5.74) is 7.47. The Morgan fingerprint density at radius 2 is 2.13 bits per heavy atom. The van der Waals surface area contributed by atoms with Crippen molar-refractivity contribution in [3.8, 4) is 17.1 Å². The average molecular weight is 204 g/mol. The van der Waals surface area contributed by atoms with Crippen LogP contribution >= 0.6 is 0 Å². The molecule has 4 heteroatoms. The quantitative estimate of drug-likeness (QED) is 0.814. The van der Waals surface area contributed by atoms with Crippen LogP contribution in [0.2, 0.25) is 0 Å². The predicted molar refractivity (Wildman–Crippen MR) is 57.6 cm³/mol. The molecule has 1 aromatic carbocycles. The summed E-state index contributed by atoms with van der Waals surface area (Å²) in [6, 6.07) is 7.52. The number of aryl methyl sites for hydroxylation is 1. The van der Waals surface area contributed by atoms with Gasteiger partial charge in [-0.3, -0.25) is 0 Å². The van der Waals surface area contributed by atoms with Crippen molar-refractivity contribution in [2.45, 2.75) is 6.92 Å². The fourth-order valence-electron chi connectivity index (χ4n) is 1.42. The minimum Gasteiger partial charge on any atom is -0.496 e. The lowest BCUT2D eigenvalue weighted by atomic mass is 10.1. The van der Waals surface area contributed by atoms with Gasteiger partial charge in [-0.2, -0.15) is 0 Å². The van der Waals surface area contributed by atoms with Crippen molar-refractivity contribution in [3.05, 3.63) is 29.8 Å². The van der Waals surface area contributed by atoms with Gasteiger partial charge in [-0.05, 0) is 24.6 Å². The van der Waals surface area contributed by atoms with Gasteiger partial charge in [0.1, 0.15) is 5.75 Å². The summed E-state index contributed by atoms with van der Waals surface area (Å²) >= 11 is 0. The van der Waals surface area contributed by atoms with Crippen molar-refractivity contribution < 1.29 is 9.26 Å². The molecular formula is C11H12N2O2. The molecule has 0 amide bonds.